The minimum absolute atomic E-state index is 0.154. The third-order valence-corrected chi connectivity index (χ3v) is 6.05. The Morgan fingerprint density at radius 1 is 0.900 bits per heavy atom. The average molecular weight is 420 g/mol. The number of unbranched alkanes of at least 4 members (excludes halogenated alkanes) is 2. The molecule has 0 radical (unpaired) electrons. The molecule has 0 heterocycles. The summed E-state index contributed by atoms with van der Waals surface area (Å²) in [6.45, 7) is 14.0. The van der Waals surface area contributed by atoms with Crippen molar-refractivity contribution in [2.45, 2.75) is 92.1 Å². The summed E-state index contributed by atoms with van der Waals surface area (Å²) in [7, 11) is 0. The van der Waals surface area contributed by atoms with Gasteiger partial charge in [-0.15, -0.1) is 0 Å². The lowest BCUT2D eigenvalue weighted by atomic mass is 9.95. The maximum Gasteiger partial charge on any atom is 0.338 e. The number of phenolic OH excluding ortho intramolecular Hbond substituents is 1. The summed E-state index contributed by atoms with van der Waals surface area (Å²) in [5.41, 5.74) is 0.481. The molecular formula is C26H45NO3. The molecule has 1 aromatic carbocycles. The highest BCUT2D eigenvalue weighted by Crippen LogP contribution is 2.20. The number of nitrogens with zero attached hydrogens (tertiary/aromatic N) is 1. The van der Waals surface area contributed by atoms with Crippen molar-refractivity contribution in [2.75, 3.05) is 19.6 Å². The highest BCUT2D eigenvalue weighted by atomic mass is 16.5. The third-order valence-electron chi connectivity index (χ3n) is 6.05. The van der Waals surface area contributed by atoms with Gasteiger partial charge in [0.25, 0.3) is 0 Å². The number of carbonyl (C=O) groups is 1. The molecule has 1 rings (SSSR count). The van der Waals surface area contributed by atoms with Crippen molar-refractivity contribution in [1.82, 2.24) is 4.90 Å². The maximum absolute atomic E-state index is 12.5. The summed E-state index contributed by atoms with van der Waals surface area (Å²) in [5.74, 6) is 1.24. The summed E-state index contributed by atoms with van der Waals surface area (Å²) in [5, 5.41) is 9.42. The van der Waals surface area contributed by atoms with Crippen molar-refractivity contribution in [3.8, 4) is 5.75 Å². The lowest BCUT2D eigenvalue weighted by Crippen LogP contribution is -2.39. The number of hydrogen-bond acceptors (Lipinski definition) is 4. The Morgan fingerprint density at radius 3 is 1.83 bits per heavy atom. The molecule has 0 aliphatic rings. The second-order valence-corrected chi connectivity index (χ2v) is 8.81. The van der Waals surface area contributed by atoms with Gasteiger partial charge in [-0.2, -0.15) is 0 Å². The van der Waals surface area contributed by atoms with Crippen LogP contribution in [-0.2, 0) is 4.74 Å². The molecule has 0 aliphatic heterocycles. The lowest BCUT2D eigenvalue weighted by Gasteiger charge is -2.32. The topological polar surface area (TPSA) is 49.8 Å². The van der Waals surface area contributed by atoms with Crippen molar-refractivity contribution in [3.63, 3.8) is 0 Å². The minimum atomic E-state index is -0.321. The van der Waals surface area contributed by atoms with Crippen molar-refractivity contribution < 1.29 is 14.6 Å². The number of phenols is 1. The molecule has 0 saturated carbocycles. The predicted octanol–water partition coefficient (Wildman–Crippen LogP) is 6.67. The summed E-state index contributed by atoms with van der Waals surface area (Å²) in [4.78, 5) is 15.0. The first-order valence-electron chi connectivity index (χ1n) is 12.2. The van der Waals surface area contributed by atoms with Gasteiger partial charge in [0.05, 0.1) is 5.56 Å². The first kappa shape index (κ1) is 26.5. The van der Waals surface area contributed by atoms with Gasteiger partial charge in [-0.05, 0) is 55.9 Å². The first-order valence-corrected chi connectivity index (χ1v) is 12.2. The molecule has 0 bridgehead atoms. The minimum Gasteiger partial charge on any atom is -0.508 e. The molecule has 4 heteroatoms. The van der Waals surface area contributed by atoms with E-state index in [1.54, 1.807) is 12.1 Å². The van der Waals surface area contributed by atoms with Gasteiger partial charge in [0, 0.05) is 19.6 Å². The summed E-state index contributed by atoms with van der Waals surface area (Å²) in [6.07, 6.45) is 9.83. The zero-order valence-corrected chi connectivity index (χ0v) is 20.0. The third kappa shape index (κ3) is 10.5. The van der Waals surface area contributed by atoms with E-state index in [0.717, 1.165) is 19.6 Å². The molecule has 30 heavy (non-hydrogen) atoms. The molecule has 1 aromatic rings. The van der Waals surface area contributed by atoms with E-state index in [-0.39, 0.29) is 17.8 Å². The van der Waals surface area contributed by atoms with Crippen LogP contribution in [0.1, 0.15) is 96.3 Å². The summed E-state index contributed by atoms with van der Waals surface area (Å²) in [6, 6.07) is 6.26. The molecule has 0 aliphatic carbocycles. The molecule has 0 spiro atoms. The molecule has 1 N–H and O–H groups in total. The molecule has 0 saturated heterocycles. The smallest absolute Gasteiger partial charge is 0.338 e. The van der Waals surface area contributed by atoms with Crippen molar-refractivity contribution in [1.29, 1.82) is 0 Å². The van der Waals surface area contributed by atoms with Crippen molar-refractivity contribution in [2.24, 2.45) is 11.8 Å². The van der Waals surface area contributed by atoms with Crippen LogP contribution in [-0.4, -0.2) is 41.7 Å². The number of ether oxygens (including phenoxy) is 1. The number of esters is 1. The highest BCUT2D eigenvalue weighted by molar-refractivity contribution is 5.89. The maximum atomic E-state index is 12.5. The van der Waals surface area contributed by atoms with Crippen LogP contribution in [0.3, 0.4) is 0 Å². The van der Waals surface area contributed by atoms with Gasteiger partial charge in [-0.1, -0.05) is 66.2 Å². The Bertz CT molecular complexity index is 554. The second kappa shape index (κ2) is 15.3. The quantitative estimate of drug-likeness (QED) is 0.304. The van der Waals surface area contributed by atoms with E-state index in [2.05, 4.69) is 32.6 Å². The number of aromatic hydroxyl groups is 1. The molecule has 0 aromatic heterocycles. The molecule has 172 valence electrons. The average Bonchev–Trinajstić information content (AvgIpc) is 2.73. The van der Waals surface area contributed by atoms with Crippen molar-refractivity contribution >= 4 is 5.97 Å². The second-order valence-electron chi connectivity index (χ2n) is 8.81. The normalized spacial score (nSPS) is 14.5. The fourth-order valence-electron chi connectivity index (χ4n) is 4.04. The molecule has 3 unspecified atom stereocenters. The number of benzene rings is 1. The van der Waals surface area contributed by atoms with Crippen LogP contribution >= 0.6 is 0 Å². The Morgan fingerprint density at radius 2 is 1.40 bits per heavy atom. The largest absolute Gasteiger partial charge is 0.508 e. The van der Waals surface area contributed by atoms with Crippen LogP contribution in [0.15, 0.2) is 24.3 Å². The summed E-state index contributed by atoms with van der Waals surface area (Å²) < 4.78 is 5.74. The van der Waals surface area contributed by atoms with Gasteiger partial charge < -0.3 is 9.84 Å². The standard InChI is InChI=1S/C26H45NO3/c1-6-10-12-22(8-3)19-27(20-23(9-4)13-11-7-2)18-21(5)30-26(29)24-14-16-25(28)17-15-24/h14-17,21-23,28H,6-13,18-20H2,1-5H3. The Balaban J connectivity index is 2.75. The molecular weight excluding hydrogens is 374 g/mol. The van der Waals surface area contributed by atoms with Crippen LogP contribution in [0.5, 0.6) is 5.75 Å². The van der Waals surface area contributed by atoms with Crippen LogP contribution in [0.25, 0.3) is 0 Å². The summed E-state index contributed by atoms with van der Waals surface area (Å²) >= 11 is 0. The predicted molar refractivity (Wildman–Crippen MR) is 126 cm³/mol. The van der Waals surface area contributed by atoms with Gasteiger partial charge in [0.15, 0.2) is 0 Å². The Labute approximate surface area is 185 Å². The Kier molecular flexibility index (Phi) is 13.5. The zero-order valence-electron chi connectivity index (χ0n) is 20.0. The van der Waals surface area contributed by atoms with Gasteiger partial charge in [-0.25, -0.2) is 4.79 Å². The van der Waals surface area contributed by atoms with E-state index in [9.17, 15) is 9.90 Å². The lowest BCUT2D eigenvalue weighted by molar-refractivity contribution is 0.0216. The van der Waals surface area contributed by atoms with Gasteiger partial charge in [0.2, 0.25) is 0 Å². The number of rotatable bonds is 16. The van der Waals surface area contributed by atoms with Crippen LogP contribution in [0.4, 0.5) is 0 Å². The van der Waals surface area contributed by atoms with E-state index in [0.29, 0.717) is 17.4 Å². The van der Waals surface area contributed by atoms with E-state index in [1.807, 2.05) is 6.92 Å². The number of hydrogen-bond donors (Lipinski definition) is 1. The SMILES string of the molecule is CCCCC(CC)CN(CC(CC)CCCC)CC(C)OC(=O)c1ccc(O)cc1. The number of carbonyl (C=O) groups excluding carboxylic acids is 1. The van der Waals surface area contributed by atoms with E-state index in [1.165, 1.54) is 63.5 Å². The van der Waals surface area contributed by atoms with Crippen molar-refractivity contribution in [3.05, 3.63) is 29.8 Å². The van der Waals surface area contributed by atoms with Crippen LogP contribution < -0.4 is 0 Å². The zero-order chi connectivity index (χ0) is 22.4. The van der Waals surface area contributed by atoms with Gasteiger partial charge in [-0.3, -0.25) is 4.90 Å². The Hall–Kier alpha value is -1.55. The van der Waals surface area contributed by atoms with E-state index in [4.69, 9.17) is 4.74 Å². The van der Waals surface area contributed by atoms with Gasteiger partial charge >= 0.3 is 5.97 Å². The highest BCUT2D eigenvalue weighted by Gasteiger charge is 2.21. The molecule has 0 fully saturated rings. The fraction of sp³-hybridized carbons (Fsp3) is 0.731. The molecule has 0 amide bonds. The fourth-order valence-corrected chi connectivity index (χ4v) is 4.04. The first-order chi connectivity index (χ1) is 14.4. The monoisotopic (exact) mass is 419 g/mol. The van der Waals surface area contributed by atoms with Gasteiger partial charge in [0.1, 0.15) is 11.9 Å². The van der Waals surface area contributed by atoms with Crippen LogP contribution in [0, 0.1) is 11.8 Å². The van der Waals surface area contributed by atoms with E-state index < -0.39 is 0 Å². The molecule has 4 nitrogen and oxygen atoms in total. The van der Waals surface area contributed by atoms with E-state index >= 15 is 0 Å². The van der Waals surface area contributed by atoms with Crippen LogP contribution in [0.2, 0.25) is 0 Å². The molecule has 3 atom stereocenters.